The normalized spacial score (nSPS) is 12.9. The topological polar surface area (TPSA) is 129 Å². The number of nitrogens with one attached hydrogen (secondary N) is 3. The van der Waals surface area contributed by atoms with Crippen LogP contribution in [-0.2, 0) is 27.1 Å². The maximum atomic E-state index is 13.9. The van der Waals surface area contributed by atoms with Gasteiger partial charge in [0.05, 0.1) is 7.11 Å². The van der Waals surface area contributed by atoms with Crippen LogP contribution < -0.4 is 20.7 Å². The molecular formula is C35H40BN3O6. The van der Waals surface area contributed by atoms with E-state index in [2.05, 4.69) is 16.0 Å². The van der Waals surface area contributed by atoms with Gasteiger partial charge in [-0.05, 0) is 52.4 Å². The summed E-state index contributed by atoms with van der Waals surface area (Å²) in [6, 6.07) is 32.8. The largest absolute Gasteiger partial charge is 0.635 e. The molecule has 45 heavy (non-hydrogen) atoms. The van der Waals surface area contributed by atoms with Gasteiger partial charge in [-0.2, -0.15) is 0 Å². The fourth-order valence-electron chi connectivity index (χ4n) is 4.97. The minimum absolute atomic E-state index is 0.197. The molecule has 234 valence electrons. The quantitative estimate of drug-likeness (QED) is 0.101. The highest BCUT2D eigenvalue weighted by Gasteiger charge is 2.31. The van der Waals surface area contributed by atoms with Crippen molar-refractivity contribution in [3.05, 3.63) is 120 Å². The van der Waals surface area contributed by atoms with Gasteiger partial charge in [-0.15, -0.1) is 0 Å². The lowest BCUT2D eigenvalue weighted by Crippen LogP contribution is -2.56. The molecule has 10 heteroatoms. The molecule has 4 aromatic rings. The third-order valence-corrected chi connectivity index (χ3v) is 7.33. The molecule has 0 radical (unpaired) electrons. The summed E-state index contributed by atoms with van der Waals surface area (Å²) in [5, 5.41) is 28.0. The van der Waals surface area contributed by atoms with Gasteiger partial charge in [0.25, 0.3) is 0 Å². The monoisotopic (exact) mass is 609 g/mol. The number of carbonyl (C=O) groups is 2. The Hall–Kier alpha value is -4.64. The van der Waals surface area contributed by atoms with Gasteiger partial charge in [-0.3, -0.25) is 9.59 Å². The number of rotatable bonds is 15. The second-order valence-corrected chi connectivity index (χ2v) is 11.1. The molecule has 0 heterocycles. The maximum Gasteiger partial charge on any atom is 0.635 e. The van der Waals surface area contributed by atoms with Crippen molar-refractivity contribution in [2.45, 2.75) is 45.0 Å². The zero-order valence-corrected chi connectivity index (χ0v) is 25.7. The maximum absolute atomic E-state index is 13.9. The van der Waals surface area contributed by atoms with E-state index in [1.807, 2.05) is 123 Å². The summed E-state index contributed by atoms with van der Waals surface area (Å²) in [7, 11) is -0.490. The molecule has 0 unspecified atom stereocenters. The van der Waals surface area contributed by atoms with Gasteiger partial charge in [0.1, 0.15) is 24.1 Å². The Bertz CT molecular complexity index is 1500. The van der Waals surface area contributed by atoms with E-state index >= 15 is 0 Å². The molecule has 0 saturated heterocycles. The van der Waals surface area contributed by atoms with Crippen LogP contribution in [-0.4, -0.2) is 54.6 Å². The molecule has 9 nitrogen and oxygen atoms in total. The lowest BCUT2D eigenvalue weighted by Gasteiger charge is -2.28. The number of methoxy groups -OCH3 is 1. The number of ether oxygens (including phenoxy) is 1. The van der Waals surface area contributed by atoms with Gasteiger partial charge >= 0.3 is 7.32 Å². The summed E-state index contributed by atoms with van der Waals surface area (Å²) in [5.74, 6) is -0.449. The number of carbonyl (C=O) groups excluding carboxylic acids is 2. The Labute approximate surface area is 264 Å². The van der Waals surface area contributed by atoms with Crippen molar-refractivity contribution in [1.29, 1.82) is 0 Å². The number of hydrogen-bond acceptors (Lipinski definition) is 7. The van der Waals surface area contributed by atoms with Gasteiger partial charge in [0.15, 0.2) is 0 Å². The van der Waals surface area contributed by atoms with E-state index in [-0.39, 0.29) is 18.2 Å². The van der Waals surface area contributed by atoms with Crippen LogP contribution in [0.3, 0.4) is 0 Å². The Morgan fingerprint density at radius 2 is 1.36 bits per heavy atom. The number of benzene rings is 4. The molecule has 0 aliphatic heterocycles. The minimum Gasteiger partial charge on any atom is -0.497 e. The lowest BCUT2D eigenvalue weighted by atomic mass is 10.00. The van der Waals surface area contributed by atoms with Crippen molar-refractivity contribution in [2.75, 3.05) is 12.4 Å². The summed E-state index contributed by atoms with van der Waals surface area (Å²) in [6.07, 6.45) is -0.497. The van der Waals surface area contributed by atoms with Gasteiger partial charge in [0, 0.05) is 18.5 Å². The number of hydrogen-bond donors (Lipinski definition) is 5. The Morgan fingerprint density at radius 3 is 1.98 bits per heavy atom. The summed E-state index contributed by atoms with van der Waals surface area (Å²) in [6.45, 7) is 3.65. The third kappa shape index (κ3) is 10.2. The first-order valence-electron chi connectivity index (χ1n) is 14.9. The highest BCUT2D eigenvalue weighted by molar-refractivity contribution is 6.32. The fourth-order valence-corrected chi connectivity index (χ4v) is 4.97. The second kappa shape index (κ2) is 16.4. The highest BCUT2D eigenvalue weighted by atomic mass is 16.6. The molecule has 0 aliphatic carbocycles. The first kappa shape index (κ1) is 33.3. The Morgan fingerprint density at radius 1 is 0.733 bits per heavy atom. The van der Waals surface area contributed by atoms with Gasteiger partial charge < -0.3 is 35.4 Å². The molecule has 0 fully saturated rings. The van der Waals surface area contributed by atoms with Crippen molar-refractivity contribution in [1.82, 2.24) is 10.6 Å². The molecule has 0 bridgehead atoms. The molecule has 5 N–H and O–H groups in total. The SMILES string of the molecule is COc1ccc(C[C@H](Nc2cccc(-c3ccccc3)c2)C(=O)N[C@H](C(=O)N[C@@H](Cc2ccccc2)OB(O)O)C(C)C)cc1. The van der Waals surface area contributed by atoms with Crippen LogP contribution in [0.5, 0.6) is 5.75 Å². The predicted molar refractivity (Wildman–Crippen MR) is 176 cm³/mol. The molecule has 0 aliphatic rings. The van der Waals surface area contributed by atoms with Crippen molar-refractivity contribution in [3.8, 4) is 16.9 Å². The second-order valence-electron chi connectivity index (χ2n) is 11.1. The van der Waals surface area contributed by atoms with Crippen molar-refractivity contribution < 1.29 is 29.0 Å². The summed E-state index contributed by atoms with van der Waals surface area (Å²) < 4.78 is 10.5. The molecular weight excluding hydrogens is 569 g/mol. The molecule has 3 atom stereocenters. The minimum atomic E-state index is -2.09. The first-order valence-corrected chi connectivity index (χ1v) is 14.9. The van der Waals surface area contributed by atoms with E-state index in [1.165, 1.54) is 0 Å². The van der Waals surface area contributed by atoms with Crippen LogP contribution >= 0.6 is 0 Å². The van der Waals surface area contributed by atoms with E-state index in [0.29, 0.717) is 12.2 Å². The molecule has 4 aromatic carbocycles. The standard InChI is InChI=1S/C35H40BN3O6/c1-24(2)33(35(41)38-32(45-36(42)43)22-25-11-6-4-7-12-25)39-34(40)31(21-26-17-19-30(44-3)20-18-26)37-29-16-10-15-28(23-29)27-13-8-5-9-14-27/h4-20,23-24,31-33,37,42-43H,21-22H2,1-3H3,(H,38,41)(H,39,40)/t31-,32+,33-/m0/s1. The average molecular weight is 610 g/mol. The predicted octanol–water partition coefficient (Wildman–Crippen LogP) is 4.20. The first-order chi connectivity index (χ1) is 21.7. The molecule has 2 amide bonds. The highest BCUT2D eigenvalue weighted by Crippen LogP contribution is 2.24. The van der Waals surface area contributed by atoms with E-state index in [1.54, 1.807) is 7.11 Å². The summed E-state index contributed by atoms with van der Waals surface area (Å²) in [4.78, 5) is 27.4. The van der Waals surface area contributed by atoms with Gasteiger partial charge in [0.2, 0.25) is 11.8 Å². The van der Waals surface area contributed by atoms with Crippen LogP contribution in [0.2, 0.25) is 0 Å². The van der Waals surface area contributed by atoms with E-state index in [0.717, 1.165) is 27.9 Å². The van der Waals surface area contributed by atoms with Crippen LogP contribution in [0.1, 0.15) is 25.0 Å². The molecule has 0 saturated carbocycles. The molecule has 4 rings (SSSR count). The smallest absolute Gasteiger partial charge is 0.497 e. The summed E-state index contributed by atoms with van der Waals surface area (Å²) >= 11 is 0. The van der Waals surface area contributed by atoms with Crippen molar-refractivity contribution in [3.63, 3.8) is 0 Å². The van der Waals surface area contributed by atoms with Gasteiger partial charge in [-0.25, -0.2) is 0 Å². The fraction of sp³-hybridized carbons (Fsp3) is 0.257. The van der Waals surface area contributed by atoms with Gasteiger partial charge in [-0.1, -0.05) is 98.8 Å². The van der Waals surface area contributed by atoms with E-state index < -0.39 is 31.5 Å². The van der Waals surface area contributed by atoms with Crippen molar-refractivity contribution >= 4 is 24.8 Å². The lowest BCUT2D eigenvalue weighted by molar-refractivity contribution is -0.132. The van der Waals surface area contributed by atoms with Crippen LogP contribution in [0.25, 0.3) is 11.1 Å². The number of anilines is 1. The van der Waals surface area contributed by atoms with E-state index in [9.17, 15) is 19.6 Å². The number of amides is 2. The Balaban J connectivity index is 1.54. The van der Waals surface area contributed by atoms with E-state index in [4.69, 9.17) is 9.39 Å². The van der Waals surface area contributed by atoms with Crippen LogP contribution in [0.15, 0.2) is 109 Å². The summed E-state index contributed by atoms with van der Waals surface area (Å²) in [5.41, 5.74) is 4.54. The molecule has 0 spiro atoms. The zero-order chi connectivity index (χ0) is 32.2. The molecule has 0 aromatic heterocycles. The Kier molecular flexibility index (Phi) is 12.2. The van der Waals surface area contributed by atoms with Crippen molar-refractivity contribution in [2.24, 2.45) is 5.92 Å². The van der Waals surface area contributed by atoms with Crippen LogP contribution in [0, 0.1) is 5.92 Å². The van der Waals surface area contributed by atoms with Crippen LogP contribution in [0.4, 0.5) is 5.69 Å². The average Bonchev–Trinajstić information content (AvgIpc) is 3.04. The third-order valence-electron chi connectivity index (χ3n) is 7.33. The zero-order valence-electron chi connectivity index (χ0n) is 25.7.